The largest absolute Gasteiger partial charge is 0.481 e. The maximum atomic E-state index is 12.7. The molecular weight excluding hydrogens is 440 g/mol. The minimum absolute atomic E-state index is 0.0175. The molecule has 0 bridgehead atoms. The van der Waals surface area contributed by atoms with Gasteiger partial charge in [0.25, 0.3) is 0 Å². The molecule has 0 spiro atoms. The first-order valence-electron chi connectivity index (χ1n) is 9.35. The molecule has 0 aromatic heterocycles. The predicted molar refractivity (Wildman–Crippen MR) is 114 cm³/mol. The highest BCUT2D eigenvalue weighted by Gasteiger charge is 2.25. The highest BCUT2D eigenvalue weighted by atomic mass is 79.9. The summed E-state index contributed by atoms with van der Waals surface area (Å²) in [5.41, 5.74) is 0.789. The Labute approximate surface area is 177 Å². The lowest BCUT2D eigenvalue weighted by Gasteiger charge is -2.26. The van der Waals surface area contributed by atoms with Crippen LogP contribution in [0.3, 0.4) is 0 Å². The van der Waals surface area contributed by atoms with Gasteiger partial charge in [-0.15, -0.1) is 0 Å². The number of halogens is 1. The molecule has 0 saturated carbocycles. The molecule has 0 unspecified atom stereocenters. The van der Waals surface area contributed by atoms with Crippen molar-refractivity contribution < 1.29 is 24.6 Å². The van der Waals surface area contributed by atoms with Crippen LogP contribution in [0.1, 0.15) is 25.8 Å². The fourth-order valence-corrected chi connectivity index (χ4v) is 3.62. The van der Waals surface area contributed by atoms with Gasteiger partial charge < -0.3 is 20.4 Å². The molecule has 2 amide bonds. The summed E-state index contributed by atoms with van der Waals surface area (Å²) in [5.74, 6) is -2.05. The van der Waals surface area contributed by atoms with E-state index < -0.39 is 24.0 Å². The maximum Gasteiger partial charge on any atom is 0.326 e. The van der Waals surface area contributed by atoms with Crippen molar-refractivity contribution in [2.45, 2.75) is 32.7 Å². The third-order valence-electron chi connectivity index (χ3n) is 4.46. The number of carbonyl (C=O) groups is 3. The zero-order valence-corrected chi connectivity index (χ0v) is 18.0. The number of carboxylic acids is 2. The highest BCUT2D eigenvalue weighted by molar-refractivity contribution is 9.10. The molecule has 3 N–H and O–H groups in total. The van der Waals surface area contributed by atoms with Gasteiger partial charge in [0.2, 0.25) is 0 Å². The van der Waals surface area contributed by atoms with Gasteiger partial charge in [-0.3, -0.25) is 4.79 Å². The first kappa shape index (κ1) is 22.7. The summed E-state index contributed by atoms with van der Waals surface area (Å²) >= 11 is 3.48. The third-order valence-corrected chi connectivity index (χ3v) is 5.20. The van der Waals surface area contributed by atoms with E-state index in [0.717, 1.165) is 20.8 Å². The Morgan fingerprint density at radius 3 is 2.41 bits per heavy atom. The maximum absolute atomic E-state index is 12.7. The summed E-state index contributed by atoms with van der Waals surface area (Å²) in [7, 11) is 0. The van der Waals surface area contributed by atoms with E-state index in [1.165, 1.54) is 4.90 Å². The number of rotatable bonds is 9. The van der Waals surface area contributed by atoms with E-state index in [1.54, 1.807) is 0 Å². The first-order chi connectivity index (χ1) is 13.7. The van der Waals surface area contributed by atoms with Gasteiger partial charge >= 0.3 is 18.0 Å². The molecule has 0 aliphatic carbocycles. The molecule has 0 radical (unpaired) electrons. The van der Waals surface area contributed by atoms with Gasteiger partial charge in [-0.25, -0.2) is 9.59 Å². The average Bonchev–Trinajstić information content (AvgIpc) is 2.65. The molecule has 0 aliphatic rings. The van der Waals surface area contributed by atoms with Crippen molar-refractivity contribution in [3.05, 3.63) is 46.4 Å². The van der Waals surface area contributed by atoms with Crippen LogP contribution in [-0.2, 0) is 16.0 Å². The van der Waals surface area contributed by atoms with E-state index in [1.807, 2.05) is 50.2 Å². The molecule has 0 heterocycles. The Balaban J connectivity index is 2.23. The smallest absolute Gasteiger partial charge is 0.326 e. The van der Waals surface area contributed by atoms with Crippen LogP contribution in [0.4, 0.5) is 4.79 Å². The Morgan fingerprint density at radius 1 is 1.10 bits per heavy atom. The van der Waals surface area contributed by atoms with E-state index in [4.69, 9.17) is 5.11 Å². The Bertz CT molecular complexity index is 900. The zero-order chi connectivity index (χ0) is 21.6. The van der Waals surface area contributed by atoms with Crippen LogP contribution in [0.2, 0.25) is 0 Å². The lowest BCUT2D eigenvalue weighted by atomic mass is 9.99. The van der Waals surface area contributed by atoms with E-state index in [2.05, 4.69) is 21.2 Å². The van der Waals surface area contributed by atoms with E-state index in [9.17, 15) is 19.5 Å². The molecule has 0 saturated heterocycles. The second-order valence-electron chi connectivity index (χ2n) is 7.28. The second kappa shape index (κ2) is 10.2. The first-order valence-corrected chi connectivity index (χ1v) is 10.1. The van der Waals surface area contributed by atoms with Crippen molar-refractivity contribution in [2.24, 2.45) is 5.92 Å². The van der Waals surface area contributed by atoms with Gasteiger partial charge in [-0.2, -0.15) is 0 Å². The van der Waals surface area contributed by atoms with Crippen LogP contribution in [0.5, 0.6) is 0 Å². The van der Waals surface area contributed by atoms with E-state index in [0.29, 0.717) is 6.54 Å². The molecule has 0 aliphatic heterocycles. The quantitative estimate of drug-likeness (QED) is 0.523. The number of fused-ring (bicyclic) bond motifs is 1. The molecule has 1 atom stereocenters. The Hall–Kier alpha value is -2.61. The number of carbonyl (C=O) groups excluding carboxylic acids is 1. The van der Waals surface area contributed by atoms with E-state index >= 15 is 0 Å². The van der Waals surface area contributed by atoms with Gasteiger partial charge in [0.15, 0.2) is 0 Å². The summed E-state index contributed by atoms with van der Waals surface area (Å²) in [4.78, 5) is 36.8. The molecule has 8 heteroatoms. The standard InChI is InChI=1S/C21H25BrN2O5/c1-13(2)12-24(10-9-19(25)26)21(29)23-18(20(27)28)11-16-15-6-4-3-5-14(15)7-8-17(16)22/h3-8,13,18H,9-12H2,1-2H3,(H,23,29)(H,25,26)(H,27,28)/t18-/m0/s1. The van der Waals surface area contributed by atoms with Gasteiger partial charge in [0, 0.05) is 24.0 Å². The van der Waals surface area contributed by atoms with Crippen LogP contribution in [0.15, 0.2) is 40.9 Å². The van der Waals surface area contributed by atoms with Crippen molar-refractivity contribution in [3.8, 4) is 0 Å². The van der Waals surface area contributed by atoms with Gasteiger partial charge in [0.1, 0.15) is 6.04 Å². The third kappa shape index (κ3) is 6.45. The van der Waals surface area contributed by atoms with E-state index in [-0.39, 0.29) is 25.3 Å². The Kier molecular flexibility index (Phi) is 8.01. The molecule has 7 nitrogen and oxygen atoms in total. The van der Waals surface area contributed by atoms with Crippen LogP contribution >= 0.6 is 15.9 Å². The molecule has 2 aromatic rings. The van der Waals surface area contributed by atoms with Gasteiger partial charge in [-0.05, 0) is 28.3 Å². The summed E-state index contributed by atoms with van der Waals surface area (Å²) in [6.07, 6.45) is -0.107. The summed E-state index contributed by atoms with van der Waals surface area (Å²) in [5, 5.41) is 23.0. The number of aliphatic carboxylic acids is 2. The number of hydrogen-bond donors (Lipinski definition) is 3. The molecule has 2 rings (SSSR count). The van der Waals surface area contributed by atoms with Crippen molar-refractivity contribution in [1.82, 2.24) is 10.2 Å². The summed E-state index contributed by atoms with van der Waals surface area (Å²) in [6, 6.07) is 9.70. The molecule has 2 aromatic carbocycles. The summed E-state index contributed by atoms with van der Waals surface area (Å²) in [6.45, 7) is 4.17. The average molecular weight is 465 g/mol. The zero-order valence-electron chi connectivity index (χ0n) is 16.4. The lowest BCUT2D eigenvalue weighted by Crippen LogP contribution is -2.50. The van der Waals surface area contributed by atoms with Crippen molar-refractivity contribution >= 4 is 44.7 Å². The summed E-state index contributed by atoms with van der Waals surface area (Å²) < 4.78 is 0.765. The molecule has 29 heavy (non-hydrogen) atoms. The highest BCUT2D eigenvalue weighted by Crippen LogP contribution is 2.27. The van der Waals surface area contributed by atoms with Crippen LogP contribution in [0, 0.1) is 5.92 Å². The lowest BCUT2D eigenvalue weighted by molar-refractivity contribution is -0.139. The number of hydrogen-bond acceptors (Lipinski definition) is 3. The van der Waals surface area contributed by atoms with Crippen molar-refractivity contribution in [2.75, 3.05) is 13.1 Å². The van der Waals surface area contributed by atoms with Crippen LogP contribution in [-0.4, -0.2) is 52.2 Å². The topological polar surface area (TPSA) is 107 Å². The number of carboxylic acid groups (broad SMARTS) is 2. The minimum atomic E-state index is -1.15. The predicted octanol–water partition coefficient (Wildman–Crippen LogP) is 3.74. The Morgan fingerprint density at radius 2 is 1.79 bits per heavy atom. The van der Waals surface area contributed by atoms with Gasteiger partial charge in [-0.1, -0.05) is 60.1 Å². The fraction of sp³-hybridized carbons (Fsp3) is 0.381. The number of benzene rings is 2. The number of urea groups is 1. The molecular formula is C21H25BrN2O5. The van der Waals surface area contributed by atoms with Crippen molar-refractivity contribution in [1.29, 1.82) is 0 Å². The number of amides is 2. The molecule has 0 fully saturated rings. The van der Waals surface area contributed by atoms with Crippen LogP contribution in [0.25, 0.3) is 10.8 Å². The SMILES string of the molecule is CC(C)CN(CCC(=O)O)C(=O)N[C@@H](Cc1c(Br)ccc2ccccc12)C(=O)O. The second-order valence-corrected chi connectivity index (χ2v) is 8.13. The number of nitrogens with one attached hydrogen (secondary N) is 1. The van der Waals surface area contributed by atoms with Gasteiger partial charge in [0.05, 0.1) is 6.42 Å². The van der Waals surface area contributed by atoms with Crippen LogP contribution < -0.4 is 5.32 Å². The number of nitrogens with zero attached hydrogens (tertiary/aromatic N) is 1. The minimum Gasteiger partial charge on any atom is -0.481 e. The van der Waals surface area contributed by atoms with Crippen molar-refractivity contribution in [3.63, 3.8) is 0 Å². The monoisotopic (exact) mass is 464 g/mol. The molecule has 156 valence electrons. The fourth-order valence-electron chi connectivity index (χ4n) is 3.11. The normalized spacial score (nSPS) is 12.0.